The second-order valence-electron chi connectivity index (χ2n) is 4.91. The van der Waals surface area contributed by atoms with Gasteiger partial charge in [-0.3, -0.25) is 4.57 Å². The van der Waals surface area contributed by atoms with Crippen molar-refractivity contribution in [2.75, 3.05) is 6.61 Å². The van der Waals surface area contributed by atoms with Crippen molar-refractivity contribution < 1.29 is 22.7 Å². The maximum absolute atomic E-state index is 13.1. The van der Waals surface area contributed by atoms with Crippen LogP contribution in [0, 0.1) is 13.8 Å². The Hall–Kier alpha value is -1.54. The Bertz CT molecular complexity index is 693. The molecule has 0 aliphatic rings. The Labute approximate surface area is 136 Å². The molecule has 2 aromatic rings. The molecule has 1 unspecified atom stereocenters. The van der Waals surface area contributed by atoms with E-state index >= 15 is 0 Å². The molecular formula is C16H20O5P2. The standard InChI is InChI=1S/C16H20O5P2/c1-4-19-22(17)23(18,20-15-11-7-5-9-13(15)2)21-16-12-8-6-10-14(16)3/h5-12,22H,4H2,1-3H3. The Kier molecular flexibility index (Phi) is 6.06. The highest BCUT2D eigenvalue weighted by molar-refractivity contribution is 8.21. The quantitative estimate of drug-likeness (QED) is 0.625. The molecule has 2 aromatic carbocycles. The third-order valence-corrected chi connectivity index (χ3v) is 7.25. The summed E-state index contributed by atoms with van der Waals surface area (Å²) in [6.07, 6.45) is 0. The zero-order valence-corrected chi connectivity index (χ0v) is 15.2. The molecule has 0 radical (unpaired) electrons. The van der Waals surface area contributed by atoms with E-state index in [9.17, 15) is 9.13 Å². The maximum Gasteiger partial charge on any atom is 0.509 e. The van der Waals surface area contributed by atoms with E-state index in [1.807, 2.05) is 38.1 Å². The van der Waals surface area contributed by atoms with Crippen LogP contribution in [0.3, 0.4) is 0 Å². The van der Waals surface area contributed by atoms with Crippen molar-refractivity contribution in [1.29, 1.82) is 0 Å². The monoisotopic (exact) mass is 354 g/mol. The van der Waals surface area contributed by atoms with Crippen molar-refractivity contribution >= 4 is 15.0 Å². The number of hydrogen-bond donors (Lipinski definition) is 0. The van der Waals surface area contributed by atoms with E-state index in [0.29, 0.717) is 11.5 Å². The lowest BCUT2D eigenvalue weighted by atomic mass is 10.2. The van der Waals surface area contributed by atoms with E-state index in [4.69, 9.17) is 13.6 Å². The van der Waals surface area contributed by atoms with Gasteiger partial charge in [0.05, 0.1) is 6.61 Å². The molecule has 0 amide bonds. The highest BCUT2D eigenvalue weighted by Gasteiger charge is 2.38. The number of aryl methyl sites for hydroxylation is 2. The van der Waals surface area contributed by atoms with Gasteiger partial charge in [0.15, 0.2) is 0 Å². The fraction of sp³-hybridized carbons (Fsp3) is 0.250. The van der Waals surface area contributed by atoms with Crippen molar-refractivity contribution in [3.63, 3.8) is 0 Å². The van der Waals surface area contributed by atoms with Gasteiger partial charge < -0.3 is 13.6 Å². The SMILES string of the molecule is CCO[PH](=O)P(=O)(Oc1ccccc1C)Oc1ccccc1C. The van der Waals surface area contributed by atoms with Gasteiger partial charge in [-0.15, -0.1) is 0 Å². The Morgan fingerprint density at radius 2 is 1.35 bits per heavy atom. The van der Waals surface area contributed by atoms with Crippen LogP contribution in [0.1, 0.15) is 18.1 Å². The maximum atomic E-state index is 13.1. The third-order valence-electron chi connectivity index (χ3n) is 3.12. The van der Waals surface area contributed by atoms with Crippen molar-refractivity contribution in [2.24, 2.45) is 0 Å². The summed E-state index contributed by atoms with van der Waals surface area (Å²) < 4.78 is 41.6. The van der Waals surface area contributed by atoms with E-state index in [0.717, 1.165) is 11.1 Å². The van der Waals surface area contributed by atoms with Gasteiger partial charge in [-0.2, -0.15) is 0 Å². The first-order chi connectivity index (χ1) is 11.0. The van der Waals surface area contributed by atoms with Crippen LogP contribution in [-0.2, 0) is 13.7 Å². The van der Waals surface area contributed by atoms with Crippen LogP contribution in [0.4, 0.5) is 0 Å². The van der Waals surface area contributed by atoms with Crippen molar-refractivity contribution in [1.82, 2.24) is 0 Å². The summed E-state index contributed by atoms with van der Waals surface area (Å²) in [6, 6.07) is 14.1. The largest absolute Gasteiger partial charge is 0.509 e. The molecule has 0 saturated carbocycles. The number of para-hydroxylation sites is 2. The van der Waals surface area contributed by atoms with E-state index in [2.05, 4.69) is 0 Å². The van der Waals surface area contributed by atoms with Crippen LogP contribution in [0.2, 0.25) is 0 Å². The molecule has 7 heteroatoms. The molecule has 0 saturated heterocycles. The molecule has 1 atom stereocenters. The molecule has 2 rings (SSSR count). The van der Waals surface area contributed by atoms with Gasteiger partial charge in [0.25, 0.3) is 0 Å². The minimum Gasteiger partial charge on any atom is -0.410 e. The summed E-state index contributed by atoms with van der Waals surface area (Å²) in [7, 11) is -7.05. The zero-order valence-electron chi connectivity index (χ0n) is 13.3. The van der Waals surface area contributed by atoms with Gasteiger partial charge in [-0.25, -0.2) is 4.57 Å². The first-order valence-electron chi connectivity index (χ1n) is 7.24. The topological polar surface area (TPSA) is 61.8 Å². The second-order valence-corrected chi connectivity index (χ2v) is 9.83. The van der Waals surface area contributed by atoms with Gasteiger partial charge in [0.1, 0.15) is 11.5 Å². The molecular weight excluding hydrogens is 334 g/mol. The number of hydrogen-bond acceptors (Lipinski definition) is 5. The van der Waals surface area contributed by atoms with E-state index in [1.54, 1.807) is 31.2 Å². The molecule has 0 fully saturated rings. The first-order valence-corrected chi connectivity index (χ1v) is 10.9. The normalized spacial score (nSPS) is 12.7. The minimum absolute atomic E-state index is 0.163. The van der Waals surface area contributed by atoms with Crippen LogP contribution in [0.5, 0.6) is 11.5 Å². The molecule has 0 aliphatic carbocycles. The molecule has 0 N–H and O–H groups in total. The fourth-order valence-electron chi connectivity index (χ4n) is 1.87. The van der Waals surface area contributed by atoms with Crippen molar-refractivity contribution in [2.45, 2.75) is 20.8 Å². The lowest BCUT2D eigenvalue weighted by Crippen LogP contribution is -2.01. The lowest BCUT2D eigenvalue weighted by molar-refractivity contribution is 0.340. The van der Waals surface area contributed by atoms with Crippen molar-refractivity contribution in [3.8, 4) is 11.5 Å². The summed E-state index contributed by atoms with van der Waals surface area (Å²) in [5, 5.41) is 0. The van der Waals surface area contributed by atoms with E-state index in [1.165, 1.54) is 0 Å². The van der Waals surface area contributed by atoms with Gasteiger partial charge >= 0.3 is 15.0 Å². The van der Waals surface area contributed by atoms with Gasteiger partial charge in [0, 0.05) is 0 Å². The molecule has 0 spiro atoms. The lowest BCUT2D eigenvalue weighted by Gasteiger charge is -2.21. The smallest absolute Gasteiger partial charge is 0.410 e. The minimum atomic E-state index is -4.00. The van der Waals surface area contributed by atoms with Crippen LogP contribution in [0.25, 0.3) is 0 Å². The summed E-state index contributed by atoms with van der Waals surface area (Å²) in [5.41, 5.74) is 1.54. The molecule has 124 valence electrons. The van der Waals surface area contributed by atoms with Gasteiger partial charge in [-0.05, 0) is 44.0 Å². The predicted octanol–water partition coefficient (Wildman–Crippen LogP) is 5.38. The molecule has 0 heterocycles. The summed E-state index contributed by atoms with van der Waals surface area (Å²) in [6.45, 7) is 5.46. The Balaban J connectivity index is 2.37. The average molecular weight is 354 g/mol. The van der Waals surface area contributed by atoms with Crippen LogP contribution >= 0.6 is 15.0 Å². The summed E-state index contributed by atoms with van der Waals surface area (Å²) >= 11 is 0. The van der Waals surface area contributed by atoms with Crippen LogP contribution < -0.4 is 9.05 Å². The zero-order chi connectivity index (χ0) is 16.9. The first kappa shape index (κ1) is 17.8. The Morgan fingerprint density at radius 1 is 0.913 bits per heavy atom. The highest BCUT2D eigenvalue weighted by atomic mass is 32.1. The molecule has 0 bridgehead atoms. The number of rotatable bonds is 7. The predicted molar refractivity (Wildman–Crippen MR) is 91.8 cm³/mol. The van der Waals surface area contributed by atoms with Crippen LogP contribution in [0.15, 0.2) is 48.5 Å². The molecule has 23 heavy (non-hydrogen) atoms. The molecule has 0 aliphatic heterocycles. The van der Waals surface area contributed by atoms with E-state index < -0.39 is 15.0 Å². The van der Waals surface area contributed by atoms with Gasteiger partial charge in [-0.1, -0.05) is 36.4 Å². The van der Waals surface area contributed by atoms with Crippen LogP contribution in [-0.4, -0.2) is 6.61 Å². The van der Waals surface area contributed by atoms with Crippen molar-refractivity contribution in [3.05, 3.63) is 59.7 Å². The van der Waals surface area contributed by atoms with Gasteiger partial charge in [0.2, 0.25) is 0 Å². The number of benzene rings is 2. The summed E-state index contributed by atoms with van der Waals surface area (Å²) in [4.78, 5) is 0. The average Bonchev–Trinajstić information content (AvgIpc) is 2.52. The highest BCUT2D eigenvalue weighted by Crippen LogP contribution is 2.69. The third kappa shape index (κ3) is 4.48. The second kappa shape index (κ2) is 7.83. The Morgan fingerprint density at radius 3 is 1.74 bits per heavy atom. The molecule has 5 nitrogen and oxygen atoms in total. The summed E-state index contributed by atoms with van der Waals surface area (Å²) in [5.74, 6) is 0.727. The fourth-order valence-corrected chi connectivity index (χ4v) is 5.29. The molecule has 0 aromatic heterocycles. The van der Waals surface area contributed by atoms with E-state index in [-0.39, 0.29) is 6.61 Å².